The van der Waals surface area contributed by atoms with E-state index in [2.05, 4.69) is 91.0 Å². The molecule has 2 heterocycles. The topological polar surface area (TPSA) is 75.6 Å². The van der Waals surface area contributed by atoms with Crippen LogP contribution >= 0.6 is 0 Å². The largest absolute Gasteiger partial charge is 0.456 e. The number of fused-ring (bicyclic) bond motifs is 3. The number of nitrogens with zero attached hydrogens (tertiary/aromatic N) is 4. The molecule has 0 N–H and O–H groups in total. The molecule has 9 aromatic rings. The molecule has 0 spiro atoms. The molecule has 0 aliphatic carbocycles. The van der Waals surface area contributed by atoms with Crippen molar-refractivity contribution in [2.45, 2.75) is 0 Å². The van der Waals surface area contributed by atoms with E-state index in [1.54, 1.807) is 0 Å². The molecule has 5 nitrogen and oxygen atoms in total. The summed E-state index contributed by atoms with van der Waals surface area (Å²) in [6, 6.07) is 59.3. The summed E-state index contributed by atoms with van der Waals surface area (Å²) < 4.78 is 6.45. The molecule has 0 saturated heterocycles. The zero-order valence-electron chi connectivity index (χ0n) is 27.4. The summed E-state index contributed by atoms with van der Waals surface area (Å²) >= 11 is 0. The highest BCUT2D eigenvalue weighted by molar-refractivity contribution is 6.13. The van der Waals surface area contributed by atoms with Crippen LogP contribution in [0.4, 0.5) is 0 Å². The molecule has 2 aromatic heterocycles. The van der Waals surface area contributed by atoms with Crippen LogP contribution in [0, 0.1) is 11.3 Å². The standard InChI is InChI=1S/C46H28N4O/c47-29-30-10-7-15-35(26-30)36-16-8-17-37(27-36)45-48-44(34-22-20-32(21-23-34)31-11-3-1-4-12-31)49-46(50-45)38-24-25-40-42(28-38)51-41-19-9-18-39(43(40)41)33-13-5-2-6-14-33/h1-28H. The maximum Gasteiger partial charge on any atom is 0.164 e. The third-order valence-electron chi connectivity index (χ3n) is 9.17. The van der Waals surface area contributed by atoms with Crippen molar-refractivity contribution in [1.82, 2.24) is 15.0 Å². The molecule has 238 valence electrons. The monoisotopic (exact) mass is 652 g/mol. The van der Waals surface area contributed by atoms with Crippen molar-refractivity contribution in [1.29, 1.82) is 5.26 Å². The molecule has 51 heavy (non-hydrogen) atoms. The summed E-state index contributed by atoms with van der Waals surface area (Å²) in [5.41, 5.74) is 11.2. The molecule has 0 atom stereocenters. The molecule has 0 radical (unpaired) electrons. The Morgan fingerprint density at radius 1 is 0.392 bits per heavy atom. The SMILES string of the molecule is N#Cc1cccc(-c2cccc(-c3nc(-c4ccc(-c5ccccc5)cc4)nc(-c4ccc5c(c4)oc4cccc(-c6ccccc6)c45)n3)c2)c1. The van der Waals surface area contributed by atoms with Gasteiger partial charge in [-0.15, -0.1) is 0 Å². The number of furan rings is 1. The average Bonchev–Trinajstić information content (AvgIpc) is 3.60. The second-order valence-corrected chi connectivity index (χ2v) is 12.4. The van der Waals surface area contributed by atoms with Crippen LogP contribution < -0.4 is 0 Å². The van der Waals surface area contributed by atoms with Crippen molar-refractivity contribution in [3.8, 4) is 73.6 Å². The van der Waals surface area contributed by atoms with Gasteiger partial charge in [0.1, 0.15) is 11.2 Å². The van der Waals surface area contributed by atoms with Crippen LogP contribution in [0.3, 0.4) is 0 Å². The number of rotatable bonds is 6. The maximum absolute atomic E-state index is 9.49. The Balaban J connectivity index is 1.18. The second-order valence-electron chi connectivity index (χ2n) is 12.4. The predicted octanol–water partition coefficient (Wildman–Crippen LogP) is 11.6. The third kappa shape index (κ3) is 5.71. The number of aromatic nitrogens is 3. The highest BCUT2D eigenvalue weighted by atomic mass is 16.3. The Kier molecular flexibility index (Phi) is 7.46. The first kappa shape index (κ1) is 29.9. The normalized spacial score (nSPS) is 11.1. The fourth-order valence-electron chi connectivity index (χ4n) is 6.63. The molecule has 7 aromatic carbocycles. The Hall–Kier alpha value is -7.16. The van der Waals surface area contributed by atoms with E-state index in [1.807, 2.05) is 84.9 Å². The van der Waals surface area contributed by atoms with Crippen molar-refractivity contribution in [3.05, 3.63) is 175 Å². The Morgan fingerprint density at radius 3 is 1.65 bits per heavy atom. The molecule has 9 rings (SSSR count). The fourth-order valence-corrected chi connectivity index (χ4v) is 6.63. The fraction of sp³-hybridized carbons (Fsp3) is 0. The summed E-state index contributed by atoms with van der Waals surface area (Å²) in [6.07, 6.45) is 0. The van der Waals surface area contributed by atoms with Gasteiger partial charge in [-0.1, -0.05) is 133 Å². The van der Waals surface area contributed by atoms with Crippen LogP contribution in [0.5, 0.6) is 0 Å². The van der Waals surface area contributed by atoms with E-state index < -0.39 is 0 Å². The van der Waals surface area contributed by atoms with Crippen LogP contribution in [-0.4, -0.2) is 15.0 Å². The molecule has 0 fully saturated rings. The lowest BCUT2D eigenvalue weighted by atomic mass is 9.99. The third-order valence-corrected chi connectivity index (χ3v) is 9.17. The summed E-state index contributed by atoms with van der Waals surface area (Å²) in [6.45, 7) is 0. The highest BCUT2D eigenvalue weighted by Gasteiger charge is 2.17. The van der Waals surface area contributed by atoms with Gasteiger partial charge in [-0.3, -0.25) is 0 Å². The van der Waals surface area contributed by atoms with Gasteiger partial charge in [0.25, 0.3) is 0 Å². The van der Waals surface area contributed by atoms with E-state index in [1.165, 1.54) is 0 Å². The average molecular weight is 653 g/mol. The summed E-state index contributed by atoms with van der Waals surface area (Å²) in [5.74, 6) is 1.67. The minimum absolute atomic E-state index is 0.546. The van der Waals surface area contributed by atoms with Gasteiger partial charge < -0.3 is 4.42 Å². The van der Waals surface area contributed by atoms with Gasteiger partial charge in [0.15, 0.2) is 17.5 Å². The summed E-state index contributed by atoms with van der Waals surface area (Å²) in [5, 5.41) is 11.6. The highest BCUT2D eigenvalue weighted by Crippen LogP contribution is 2.38. The van der Waals surface area contributed by atoms with Crippen LogP contribution in [-0.2, 0) is 0 Å². The summed E-state index contributed by atoms with van der Waals surface area (Å²) in [7, 11) is 0. The zero-order chi connectivity index (χ0) is 34.1. The van der Waals surface area contributed by atoms with Gasteiger partial charge in [0.05, 0.1) is 11.6 Å². The van der Waals surface area contributed by atoms with Gasteiger partial charge in [0, 0.05) is 27.5 Å². The number of hydrogen-bond acceptors (Lipinski definition) is 5. The van der Waals surface area contributed by atoms with E-state index in [4.69, 9.17) is 19.4 Å². The summed E-state index contributed by atoms with van der Waals surface area (Å²) in [4.78, 5) is 15.1. The lowest BCUT2D eigenvalue weighted by Gasteiger charge is -2.10. The van der Waals surface area contributed by atoms with E-state index in [9.17, 15) is 5.26 Å². The molecular weight excluding hydrogens is 625 g/mol. The second kappa shape index (κ2) is 12.7. The Bertz CT molecular complexity index is 2750. The molecule has 0 saturated carbocycles. The van der Waals surface area contributed by atoms with Crippen LogP contribution in [0.2, 0.25) is 0 Å². The maximum atomic E-state index is 9.49. The number of nitriles is 1. The van der Waals surface area contributed by atoms with Crippen molar-refractivity contribution in [2.75, 3.05) is 0 Å². The van der Waals surface area contributed by atoms with E-state index in [0.717, 1.165) is 72.0 Å². The molecule has 0 unspecified atom stereocenters. The van der Waals surface area contributed by atoms with Crippen molar-refractivity contribution in [2.24, 2.45) is 0 Å². The van der Waals surface area contributed by atoms with E-state index in [0.29, 0.717) is 23.0 Å². The zero-order valence-corrected chi connectivity index (χ0v) is 27.4. The molecular formula is C46H28N4O. The van der Waals surface area contributed by atoms with Gasteiger partial charge in [0.2, 0.25) is 0 Å². The quantitative estimate of drug-likeness (QED) is 0.179. The first-order chi connectivity index (χ1) is 25.2. The van der Waals surface area contributed by atoms with E-state index in [-0.39, 0.29) is 0 Å². The van der Waals surface area contributed by atoms with Gasteiger partial charge in [-0.2, -0.15) is 5.26 Å². The van der Waals surface area contributed by atoms with Gasteiger partial charge >= 0.3 is 0 Å². The lowest BCUT2D eigenvalue weighted by Crippen LogP contribution is -2.00. The minimum Gasteiger partial charge on any atom is -0.456 e. The van der Waals surface area contributed by atoms with Crippen molar-refractivity contribution < 1.29 is 4.42 Å². The molecule has 0 bridgehead atoms. The van der Waals surface area contributed by atoms with Crippen LogP contribution in [0.25, 0.3) is 89.5 Å². The van der Waals surface area contributed by atoms with E-state index >= 15 is 0 Å². The Labute approximate surface area is 294 Å². The van der Waals surface area contributed by atoms with Crippen molar-refractivity contribution in [3.63, 3.8) is 0 Å². The number of hydrogen-bond donors (Lipinski definition) is 0. The molecule has 0 amide bonds. The minimum atomic E-state index is 0.546. The molecule has 0 aliphatic rings. The van der Waals surface area contributed by atoms with Crippen LogP contribution in [0.1, 0.15) is 5.56 Å². The van der Waals surface area contributed by atoms with Gasteiger partial charge in [-0.05, 0) is 69.8 Å². The number of benzene rings is 7. The molecule has 0 aliphatic heterocycles. The predicted molar refractivity (Wildman–Crippen MR) is 204 cm³/mol. The first-order valence-electron chi connectivity index (χ1n) is 16.7. The van der Waals surface area contributed by atoms with Gasteiger partial charge in [-0.25, -0.2) is 15.0 Å². The smallest absolute Gasteiger partial charge is 0.164 e. The molecule has 5 heteroatoms. The first-order valence-corrected chi connectivity index (χ1v) is 16.7. The van der Waals surface area contributed by atoms with Crippen molar-refractivity contribution >= 4 is 21.9 Å². The van der Waals surface area contributed by atoms with Crippen LogP contribution in [0.15, 0.2) is 174 Å². The Morgan fingerprint density at radius 2 is 0.922 bits per heavy atom. The lowest BCUT2D eigenvalue weighted by molar-refractivity contribution is 0.669.